The van der Waals surface area contributed by atoms with Crippen LogP contribution in [0.2, 0.25) is 0 Å². The summed E-state index contributed by atoms with van der Waals surface area (Å²) in [5, 5.41) is 15.2. The number of aromatic nitrogens is 3. The van der Waals surface area contributed by atoms with E-state index in [4.69, 9.17) is 0 Å². The van der Waals surface area contributed by atoms with Gasteiger partial charge in [-0.15, -0.1) is 11.3 Å². The quantitative estimate of drug-likeness (QED) is 0.390. The second-order valence-corrected chi connectivity index (χ2v) is 7.72. The number of nitrogens with one attached hydrogen (secondary N) is 3. The van der Waals surface area contributed by atoms with Crippen LogP contribution in [0.3, 0.4) is 0 Å². The summed E-state index contributed by atoms with van der Waals surface area (Å²) in [6, 6.07) is 19.7. The highest BCUT2D eigenvalue weighted by Gasteiger charge is 2.13. The number of thiophene rings is 1. The minimum Gasteiger partial charge on any atom is -0.332 e. The van der Waals surface area contributed by atoms with Crippen molar-refractivity contribution in [2.45, 2.75) is 6.54 Å². The van der Waals surface area contributed by atoms with E-state index in [2.05, 4.69) is 44.0 Å². The van der Waals surface area contributed by atoms with Crippen LogP contribution in [0, 0.1) is 0 Å². The van der Waals surface area contributed by atoms with Gasteiger partial charge in [0.15, 0.2) is 0 Å². The van der Waals surface area contributed by atoms with Gasteiger partial charge in [0.05, 0.1) is 24.0 Å². The van der Waals surface area contributed by atoms with Crippen molar-refractivity contribution in [2.24, 2.45) is 0 Å². The van der Waals surface area contributed by atoms with E-state index in [1.807, 2.05) is 42.5 Å². The Labute approximate surface area is 170 Å². The Morgan fingerprint density at radius 1 is 1.03 bits per heavy atom. The summed E-state index contributed by atoms with van der Waals surface area (Å²) in [6.07, 6.45) is 3.47. The number of anilines is 1. The van der Waals surface area contributed by atoms with Gasteiger partial charge in [0.2, 0.25) is 0 Å². The summed E-state index contributed by atoms with van der Waals surface area (Å²) in [6.45, 7) is 0.365. The zero-order valence-corrected chi connectivity index (χ0v) is 16.2. The topological polar surface area (TPSA) is 82.7 Å². The van der Waals surface area contributed by atoms with E-state index in [1.165, 1.54) is 10.1 Å². The summed E-state index contributed by atoms with van der Waals surface area (Å²) in [5.41, 5.74) is 3.49. The van der Waals surface area contributed by atoms with Crippen molar-refractivity contribution < 1.29 is 4.79 Å². The highest BCUT2D eigenvalue weighted by molar-refractivity contribution is 7.22. The zero-order chi connectivity index (χ0) is 19.6. The van der Waals surface area contributed by atoms with E-state index in [0.29, 0.717) is 12.2 Å². The maximum atomic E-state index is 12.4. The molecule has 0 saturated carbocycles. The standard InChI is InChI=1S/C22H17N5OS/c28-22(24-13-16-6-3-4-8-23-16)26-17-9-15-12-25-27-21(15)18(11-17)20-10-14-5-1-2-7-19(14)29-20/h1-12H,13H2,(H,25,27)(H2,24,26,28). The number of hydrogen-bond acceptors (Lipinski definition) is 4. The molecule has 0 aliphatic carbocycles. The third kappa shape index (κ3) is 3.55. The molecule has 0 saturated heterocycles. The Kier molecular flexibility index (Phi) is 4.42. The first kappa shape index (κ1) is 17.4. The molecule has 0 fully saturated rings. The minimum atomic E-state index is -0.277. The number of urea groups is 1. The van der Waals surface area contributed by atoms with Crippen LogP contribution in [0.25, 0.3) is 31.4 Å². The van der Waals surface area contributed by atoms with E-state index in [-0.39, 0.29) is 6.03 Å². The maximum absolute atomic E-state index is 12.4. The van der Waals surface area contributed by atoms with Gasteiger partial charge in [-0.25, -0.2) is 4.79 Å². The fourth-order valence-electron chi connectivity index (χ4n) is 3.29. The molecule has 6 nitrogen and oxygen atoms in total. The number of rotatable bonds is 4. The Morgan fingerprint density at radius 3 is 2.79 bits per heavy atom. The van der Waals surface area contributed by atoms with Gasteiger partial charge >= 0.3 is 6.03 Å². The van der Waals surface area contributed by atoms with Crippen molar-refractivity contribution in [3.05, 3.63) is 78.8 Å². The predicted octanol–water partition coefficient (Wildman–Crippen LogP) is 5.16. The fourth-order valence-corrected chi connectivity index (χ4v) is 4.37. The van der Waals surface area contributed by atoms with Crippen molar-refractivity contribution in [3.63, 3.8) is 0 Å². The molecule has 29 heavy (non-hydrogen) atoms. The third-order valence-electron chi connectivity index (χ3n) is 4.65. The number of amides is 2. The van der Waals surface area contributed by atoms with Crippen LogP contribution in [0.5, 0.6) is 0 Å². The summed E-state index contributed by atoms with van der Waals surface area (Å²) in [5.74, 6) is 0. The van der Waals surface area contributed by atoms with Crippen LogP contribution in [0.15, 0.2) is 73.1 Å². The Balaban J connectivity index is 1.43. The van der Waals surface area contributed by atoms with Crippen molar-refractivity contribution in [1.82, 2.24) is 20.5 Å². The molecule has 5 rings (SSSR count). The van der Waals surface area contributed by atoms with Crippen LogP contribution >= 0.6 is 11.3 Å². The molecule has 3 N–H and O–H groups in total. The van der Waals surface area contributed by atoms with Gasteiger partial charge in [0, 0.05) is 32.4 Å². The molecular weight excluding hydrogens is 382 g/mol. The van der Waals surface area contributed by atoms with Gasteiger partial charge in [-0.05, 0) is 41.8 Å². The number of hydrogen-bond donors (Lipinski definition) is 3. The number of H-pyrrole nitrogens is 1. The number of benzene rings is 2. The van der Waals surface area contributed by atoms with E-state index < -0.39 is 0 Å². The molecule has 142 valence electrons. The Hall–Kier alpha value is -3.71. The first-order chi connectivity index (χ1) is 14.3. The molecule has 7 heteroatoms. The van der Waals surface area contributed by atoms with Crippen molar-refractivity contribution >= 4 is 44.0 Å². The molecule has 0 aliphatic heterocycles. The van der Waals surface area contributed by atoms with Gasteiger partial charge in [0.1, 0.15) is 0 Å². The normalized spacial score (nSPS) is 11.0. The lowest BCUT2D eigenvalue weighted by Crippen LogP contribution is -2.28. The van der Waals surface area contributed by atoms with Crippen molar-refractivity contribution in [3.8, 4) is 10.4 Å². The number of pyridine rings is 1. The third-order valence-corrected chi connectivity index (χ3v) is 5.80. The van der Waals surface area contributed by atoms with Crippen LogP contribution in [-0.4, -0.2) is 21.2 Å². The number of nitrogens with zero attached hydrogens (tertiary/aromatic N) is 2. The van der Waals surface area contributed by atoms with Crippen LogP contribution < -0.4 is 10.6 Å². The number of aromatic amines is 1. The molecule has 0 radical (unpaired) electrons. The summed E-state index contributed by atoms with van der Waals surface area (Å²) < 4.78 is 1.22. The second-order valence-electron chi connectivity index (χ2n) is 6.64. The molecule has 0 atom stereocenters. The first-order valence-corrected chi connectivity index (χ1v) is 9.99. The van der Waals surface area contributed by atoms with Crippen LogP contribution in [0.1, 0.15) is 5.69 Å². The van der Waals surface area contributed by atoms with Gasteiger partial charge in [-0.1, -0.05) is 24.3 Å². The van der Waals surface area contributed by atoms with Crippen molar-refractivity contribution in [2.75, 3.05) is 5.32 Å². The highest BCUT2D eigenvalue weighted by atomic mass is 32.1. The molecule has 0 aliphatic rings. The average Bonchev–Trinajstić information content (AvgIpc) is 3.39. The summed E-state index contributed by atoms with van der Waals surface area (Å²) in [7, 11) is 0. The SMILES string of the molecule is O=C(NCc1ccccn1)Nc1cc(-c2cc3ccccc3s2)c2[nH]ncc2c1. The number of carbonyl (C=O) groups is 1. The Morgan fingerprint density at radius 2 is 1.93 bits per heavy atom. The fraction of sp³-hybridized carbons (Fsp3) is 0.0455. The Bertz CT molecular complexity index is 1280. The number of fused-ring (bicyclic) bond motifs is 2. The van der Waals surface area contributed by atoms with Crippen molar-refractivity contribution in [1.29, 1.82) is 0 Å². The monoisotopic (exact) mass is 399 g/mol. The van der Waals surface area contributed by atoms with Crippen LogP contribution in [-0.2, 0) is 6.54 Å². The van der Waals surface area contributed by atoms with Gasteiger partial charge in [0.25, 0.3) is 0 Å². The predicted molar refractivity (Wildman–Crippen MR) is 117 cm³/mol. The molecule has 3 aromatic heterocycles. The minimum absolute atomic E-state index is 0.277. The number of carbonyl (C=O) groups excluding carboxylic acids is 1. The average molecular weight is 399 g/mol. The summed E-state index contributed by atoms with van der Waals surface area (Å²) >= 11 is 1.72. The molecule has 5 aromatic rings. The maximum Gasteiger partial charge on any atom is 0.319 e. The molecule has 3 heterocycles. The zero-order valence-electron chi connectivity index (χ0n) is 15.3. The molecule has 0 spiro atoms. The molecule has 2 amide bonds. The first-order valence-electron chi connectivity index (χ1n) is 9.17. The second kappa shape index (κ2) is 7.37. The lowest BCUT2D eigenvalue weighted by Gasteiger charge is -2.09. The van der Waals surface area contributed by atoms with E-state index in [0.717, 1.165) is 27.0 Å². The van der Waals surface area contributed by atoms with E-state index in [9.17, 15) is 4.79 Å². The smallest absolute Gasteiger partial charge is 0.319 e. The van der Waals surface area contributed by atoms with Gasteiger partial charge in [-0.3, -0.25) is 10.1 Å². The molecule has 0 unspecified atom stereocenters. The van der Waals surface area contributed by atoms with E-state index in [1.54, 1.807) is 23.7 Å². The van der Waals surface area contributed by atoms with Gasteiger partial charge < -0.3 is 10.6 Å². The molecule has 2 aromatic carbocycles. The van der Waals surface area contributed by atoms with E-state index >= 15 is 0 Å². The lowest BCUT2D eigenvalue weighted by molar-refractivity contribution is 0.251. The summed E-state index contributed by atoms with van der Waals surface area (Å²) in [4.78, 5) is 17.7. The van der Waals surface area contributed by atoms with Gasteiger partial charge in [-0.2, -0.15) is 5.10 Å². The van der Waals surface area contributed by atoms with Crippen LogP contribution in [0.4, 0.5) is 10.5 Å². The highest BCUT2D eigenvalue weighted by Crippen LogP contribution is 2.38. The largest absolute Gasteiger partial charge is 0.332 e. The molecular formula is C22H17N5OS. The lowest BCUT2D eigenvalue weighted by atomic mass is 10.1. The molecule has 0 bridgehead atoms.